The van der Waals surface area contributed by atoms with Gasteiger partial charge in [-0.3, -0.25) is 0 Å². The van der Waals surface area contributed by atoms with Crippen LogP contribution in [0.2, 0.25) is 0 Å². The first-order chi connectivity index (χ1) is 7.45. The van der Waals surface area contributed by atoms with Crippen LogP contribution in [0, 0.1) is 0 Å². The van der Waals surface area contributed by atoms with Crippen LogP contribution >= 0.6 is 0 Å². The van der Waals surface area contributed by atoms with Crippen molar-refractivity contribution in [2.24, 2.45) is 0 Å². The highest BCUT2D eigenvalue weighted by Crippen LogP contribution is 1.79. The van der Waals surface area contributed by atoms with E-state index in [2.05, 4.69) is 0 Å². The second-order valence-corrected chi connectivity index (χ2v) is 2.94. The van der Waals surface area contributed by atoms with E-state index in [1.54, 1.807) is 6.92 Å². The van der Waals surface area contributed by atoms with Gasteiger partial charge < -0.3 is 24.9 Å². The predicted molar refractivity (Wildman–Crippen MR) is 60.8 cm³/mol. The summed E-state index contributed by atoms with van der Waals surface area (Å²) in [6.07, 6.45) is 0.289. The van der Waals surface area contributed by atoms with Crippen LogP contribution in [0.15, 0.2) is 0 Å². The van der Waals surface area contributed by atoms with Gasteiger partial charge in [0.25, 0.3) is 0 Å². The monoisotopic (exact) mass is 237 g/mol. The standard InChI is InChI=1S/C4H8O2.C4H10O.C3H8O2/c1-2-3-4(5)6;1-3-5-4-2;1-3(5)2-4/h2-3H2,1H3,(H,5,6);3-4H2,1-2H3;3-5H,2H2,1H3/p-1. The molecule has 0 fully saturated rings. The minimum absolute atomic E-state index is 0.139. The first-order valence-electron chi connectivity index (χ1n) is 5.52. The summed E-state index contributed by atoms with van der Waals surface area (Å²) in [6, 6.07) is 0. The van der Waals surface area contributed by atoms with E-state index in [-0.39, 0.29) is 13.0 Å². The molecule has 16 heavy (non-hydrogen) atoms. The highest BCUT2D eigenvalue weighted by atomic mass is 16.5. The van der Waals surface area contributed by atoms with Crippen LogP contribution in [-0.2, 0) is 9.53 Å². The summed E-state index contributed by atoms with van der Waals surface area (Å²) in [4.78, 5) is 9.49. The quantitative estimate of drug-likeness (QED) is 0.699. The van der Waals surface area contributed by atoms with Crippen molar-refractivity contribution in [1.82, 2.24) is 0 Å². The van der Waals surface area contributed by atoms with Gasteiger partial charge in [-0.05, 0) is 27.2 Å². The van der Waals surface area contributed by atoms with E-state index in [9.17, 15) is 9.90 Å². The molecule has 0 bridgehead atoms. The Labute approximate surface area is 98.1 Å². The van der Waals surface area contributed by atoms with Gasteiger partial charge in [0.05, 0.1) is 12.7 Å². The SMILES string of the molecule is CC(O)CO.CCCC(=O)[O-].CCOCC. The van der Waals surface area contributed by atoms with E-state index >= 15 is 0 Å². The van der Waals surface area contributed by atoms with Crippen molar-refractivity contribution < 1.29 is 24.9 Å². The summed E-state index contributed by atoms with van der Waals surface area (Å²) in [5, 5.41) is 25.5. The Morgan fingerprint density at radius 2 is 1.69 bits per heavy atom. The van der Waals surface area contributed by atoms with E-state index in [0.717, 1.165) is 13.2 Å². The maximum atomic E-state index is 9.49. The second kappa shape index (κ2) is 19.9. The Hall–Kier alpha value is -0.650. The molecule has 0 aliphatic rings. The third-order valence-electron chi connectivity index (χ3n) is 1.13. The fourth-order valence-corrected chi connectivity index (χ4v) is 0.408. The van der Waals surface area contributed by atoms with Gasteiger partial charge in [0.2, 0.25) is 0 Å². The van der Waals surface area contributed by atoms with Gasteiger partial charge >= 0.3 is 0 Å². The lowest BCUT2D eigenvalue weighted by Crippen LogP contribution is -2.20. The van der Waals surface area contributed by atoms with Gasteiger partial charge in [-0.2, -0.15) is 0 Å². The minimum Gasteiger partial charge on any atom is -0.550 e. The third kappa shape index (κ3) is 50.5. The van der Waals surface area contributed by atoms with E-state index in [4.69, 9.17) is 14.9 Å². The summed E-state index contributed by atoms with van der Waals surface area (Å²) >= 11 is 0. The van der Waals surface area contributed by atoms with Crippen LogP contribution in [-0.4, -0.2) is 42.1 Å². The molecule has 0 aromatic heterocycles. The average Bonchev–Trinajstić information content (AvgIpc) is 2.20. The number of aliphatic carboxylic acids is 1. The zero-order chi connectivity index (χ0) is 13.4. The number of aliphatic hydroxyl groups excluding tert-OH is 2. The molecule has 0 aliphatic heterocycles. The molecule has 1 unspecified atom stereocenters. The van der Waals surface area contributed by atoms with Gasteiger partial charge in [0.15, 0.2) is 0 Å². The largest absolute Gasteiger partial charge is 0.550 e. The van der Waals surface area contributed by atoms with Gasteiger partial charge in [-0.25, -0.2) is 0 Å². The molecule has 0 aliphatic carbocycles. The molecule has 0 aromatic rings. The predicted octanol–water partition coefficient (Wildman–Crippen LogP) is -0.0613. The zero-order valence-electron chi connectivity index (χ0n) is 10.7. The van der Waals surface area contributed by atoms with E-state index in [0.29, 0.717) is 6.42 Å². The fraction of sp³-hybridized carbons (Fsp3) is 0.909. The number of carbonyl (C=O) groups is 1. The molecule has 0 saturated heterocycles. The molecule has 2 N–H and O–H groups in total. The minimum atomic E-state index is -0.961. The summed E-state index contributed by atoms with van der Waals surface area (Å²) < 4.78 is 4.83. The highest BCUT2D eigenvalue weighted by molar-refractivity contribution is 5.63. The smallest absolute Gasteiger partial charge is 0.0742 e. The van der Waals surface area contributed by atoms with Crippen molar-refractivity contribution in [3.63, 3.8) is 0 Å². The number of ether oxygens (including phenoxy) is 1. The van der Waals surface area contributed by atoms with E-state index in [1.165, 1.54) is 6.92 Å². The van der Waals surface area contributed by atoms with Crippen molar-refractivity contribution in [3.05, 3.63) is 0 Å². The first-order valence-corrected chi connectivity index (χ1v) is 5.52. The third-order valence-corrected chi connectivity index (χ3v) is 1.13. The Morgan fingerprint density at radius 3 is 1.69 bits per heavy atom. The topological polar surface area (TPSA) is 89.8 Å². The lowest BCUT2D eigenvalue weighted by molar-refractivity contribution is -0.305. The highest BCUT2D eigenvalue weighted by Gasteiger charge is 1.83. The van der Waals surface area contributed by atoms with Crippen molar-refractivity contribution in [2.75, 3.05) is 19.8 Å². The molecular formula is C11H25O5-. The van der Waals surface area contributed by atoms with Crippen LogP contribution < -0.4 is 5.11 Å². The lowest BCUT2D eigenvalue weighted by Gasteiger charge is -1.92. The van der Waals surface area contributed by atoms with Crippen LogP contribution in [0.4, 0.5) is 0 Å². The molecule has 0 aromatic carbocycles. The maximum Gasteiger partial charge on any atom is 0.0742 e. The molecule has 5 nitrogen and oxygen atoms in total. The van der Waals surface area contributed by atoms with Crippen LogP contribution in [0.1, 0.15) is 40.5 Å². The molecule has 100 valence electrons. The van der Waals surface area contributed by atoms with Gasteiger partial charge in [-0.15, -0.1) is 0 Å². The van der Waals surface area contributed by atoms with Crippen LogP contribution in [0.3, 0.4) is 0 Å². The molecule has 5 heteroatoms. The number of rotatable bonds is 5. The molecule has 0 rings (SSSR count). The van der Waals surface area contributed by atoms with E-state index < -0.39 is 12.1 Å². The van der Waals surface area contributed by atoms with Gasteiger partial charge in [0.1, 0.15) is 0 Å². The summed E-state index contributed by atoms with van der Waals surface area (Å²) in [5.74, 6) is -0.961. The molecular weight excluding hydrogens is 212 g/mol. The molecule has 0 heterocycles. The summed E-state index contributed by atoms with van der Waals surface area (Å²) in [6.45, 7) is 8.86. The Bertz CT molecular complexity index is 124. The number of aliphatic hydroxyl groups is 2. The van der Waals surface area contributed by atoms with E-state index in [1.807, 2.05) is 13.8 Å². The van der Waals surface area contributed by atoms with Crippen LogP contribution in [0.5, 0.6) is 0 Å². The average molecular weight is 237 g/mol. The fourth-order valence-electron chi connectivity index (χ4n) is 0.408. The van der Waals surface area contributed by atoms with Crippen molar-refractivity contribution in [1.29, 1.82) is 0 Å². The number of carboxylic acid groups (broad SMARTS) is 1. The molecule has 0 radical (unpaired) electrons. The number of hydrogen-bond acceptors (Lipinski definition) is 5. The van der Waals surface area contributed by atoms with Crippen LogP contribution in [0.25, 0.3) is 0 Å². The molecule has 0 amide bonds. The van der Waals surface area contributed by atoms with Gasteiger partial charge in [-0.1, -0.05) is 13.3 Å². The molecule has 0 saturated carbocycles. The second-order valence-electron chi connectivity index (χ2n) is 2.94. The lowest BCUT2D eigenvalue weighted by atomic mass is 10.4. The molecule has 1 atom stereocenters. The normalized spacial score (nSPS) is 10.4. The molecule has 0 spiro atoms. The Kier molecular flexibility index (Phi) is 25.7. The summed E-state index contributed by atoms with van der Waals surface area (Å²) in [5.41, 5.74) is 0. The zero-order valence-corrected chi connectivity index (χ0v) is 10.7. The number of carbonyl (C=O) groups excluding carboxylic acids is 1. The summed E-state index contributed by atoms with van der Waals surface area (Å²) in [7, 11) is 0. The Balaban J connectivity index is -0.000000160. The Morgan fingerprint density at radius 1 is 1.31 bits per heavy atom. The van der Waals surface area contributed by atoms with Crippen molar-refractivity contribution in [2.45, 2.75) is 46.6 Å². The van der Waals surface area contributed by atoms with Crippen molar-refractivity contribution in [3.8, 4) is 0 Å². The van der Waals surface area contributed by atoms with Crippen molar-refractivity contribution >= 4 is 5.97 Å². The maximum absolute atomic E-state index is 9.49. The number of carboxylic acids is 1. The van der Waals surface area contributed by atoms with Gasteiger partial charge in [0, 0.05) is 19.2 Å². The first kappa shape index (κ1) is 20.7. The number of hydrogen-bond donors (Lipinski definition) is 2.